The summed E-state index contributed by atoms with van der Waals surface area (Å²) in [5.41, 5.74) is 6.05. The molecule has 0 amide bonds. The van der Waals surface area contributed by atoms with E-state index >= 15 is 0 Å². The highest BCUT2D eigenvalue weighted by Gasteiger charge is 2.38. The van der Waals surface area contributed by atoms with Gasteiger partial charge in [-0.1, -0.05) is 18.7 Å². The molecule has 2 saturated carbocycles. The number of hydrogen-bond donors (Lipinski definition) is 1. The van der Waals surface area contributed by atoms with Crippen molar-refractivity contribution in [1.29, 1.82) is 0 Å². The van der Waals surface area contributed by atoms with E-state index in [0.29, 0.717) is 6.04 Å². The molecule has 0 aromatic rings. The predicted octanol–water partition coefficient (Wildman–Crippen LogP) is 0.945. The second-order valence-electron chi connectivity index (χ2n) is 4.48. The third-order valence-electron chi connectivity index (χ3n) is 3.86. The molecule has 4 atom stereocenters. The van der Waals surface area contributed by atoms with Crippen molar-refractivity contribution >= 4 is 7.85 Å². The van der Waals surface area contributed by atoms with Crippen molar-refractivity contribution in [1.82, 2.24) is 0 Å². The van der Waals surface area contributed by atoms with Crippen LogP contribution in [0.5, 0.6) is 0 Å². The lowest BCUT2D eigenvalue weighted by Gasteiger charge is -2.33. The molecule has 0 bridgehead atoms. The molecule has 2 rings (SSSR count). The minimum absolute atomic E-state index is 0.544. The predicted molar refractivity (Wildman–Crippen MR) is 50.3 cm³/mol. The van der Waals surface area contributed by atoms with E-state index in [1.807, 2.05) is 0 Å². The molecule has 0 aromatic heterocycles. The van der Waals surface area contributed by atoms with E-state index in [4.69, 9.17) is 5.73 Å². The van der Waals surface area contributed by atoms with Gasteiger partial charge in [-0.2, -0.15) is 0 Å². The van der Waals surface area contributed by atoms with Crippen LogP contribution in [0.3, 0.4) is 0 Å². The number of nitrogens with two attached hydrogens (primary N) is 1. The molecule has 2 N–H and O–H groups in total. The van der Waals surface area contributed by atoms with Crippen LogP contribution in [0.15, 0.2) is 0 Å². The van der Waals surface area contributed by atoms with E-state index < -0.39 is 0 Å². The summed E-state index contributed by atoms with van der Waals surface area (Å²) < 4.78 is 0. The molecular formula is C9H18BN. The van der Waals surface area contributed by atoms with Crippen molar-refractivity contribution in [3.63, 3.8) is 0 Å². The Labute approximate surface area is 70.1 Å². The van der Waals surface area contributed by atoms with Crippen molar-refractivity contribution in [3.8, 4) is 0 Å². The van der Waals surface area contributed by atoms with E-state index in [9.17, 15) is 0 Å². The highest BCUT2D eigenvalue weighted by atomic mass is 14.7. The highest BCUT2D eigenvalue weighted by Crippen LogP contribution is 2.46. The normalized spacial score (nSPS) is 50.6. The summed E-state index contributed by atoms with van der Waals surface area (Å²) in [6.07, 6.45) is 6.99. The first-order valence-electron chi connectivity index (χ1n) is 5.04. The van der Waals surface area contributed by atoms with Crippen molar-refractivity contribution in [2.45, 2.75) is 44.0 Å². The molecule has 0 aromatic carbocycles. The zero-order valence-corrected chi connectivity index (χ0v) is 7.42. The maximum absolute atomic E-state index is 6.05. The van der Waals surface area contributed by atoms with E-state index in [0.717, 1.165) is 17.7 Å². The van der Waals surface area contributed by atoms with Gasteiger partial charge in [-0.3, -0.25) is 0 Å². The van der Waals surface area contributed by atoms with Crippen LogP contribution < -0.4 is 5.73 Å². The largest absolute Gasteiger partial charge is 0.327 e. The molecule has 2 heteroatoms. The van der Waals surface area contributed by atoms with Gasteiger partial charge in [-0.05, 0) is 31.1 Å². The van der Waals surface area contributed by atoms with E-state index in [1.165, 1.54) is 32.1 Å². The van der Waals surface area contributed by atoms with E-state index in [2.05, 4.69) is 7.85 Å². The average molecular weight is 151 g/mol. The summed E-state index contributed by atoms with van der Waals surface area (Å²) in [6.45, 7) is 0. The van der Waals surface area contributed by atoms with Crippen LogP contribution in [-0.4, -0.2) is 13.9 Å². The summed E-state index contributed by atoms with van der Waals surface area (Å²) in [5.74, 6) is 2.83. The van der Waals surface area contributed by atoms with Crippen LogP contribution in [0.2, 0.25) is 5.82 Å². The lowest BCUT2D eigenvalue weighted by Crippen LogP contribution is -2.31. The minimum Gasteiger partial charge on any atom is -0.327 e. The van der Waals surface area contributed by atoms with Crippen molar-refractivity contribution in [2.24, 2.45) is 17.6 Å². The number of hydrogen-bond acceptors (Lipinski definition) is 1. The van der Waals surface area contributed by atoms with Gasteiger partial charge >= 0.3 is 0 Å². The molecule has 2 aliphatic rings. The molecule has 1 nitrogen and oxygen atoms in total. The van der Waals surface area contributed by atoms with Crippen LogP contribution in [0, 0.1) is 11.8 Å². The summed E-state index contributed by atoms with van der Waals surface area (Å²) >= 11 is 0. The molecule has 0 radical (unpaired) electrons. The zero-order chi connectivity index (χ0) is 7.84. The SMILES string of the molecule is BC1CCCC2C(N)CCC12. The Kier molecular flexibility index (Phi) is 1.96. The first-order chi connectivity index (χ1) is 5.29. The molecule has 0 heterocycles. The van der Waals surface area contributed by atoms with E-state index in [-0.39, 0.29) is 0 Å². The van der Waals surface area contributed by atoms with Crippen LogP contribution in [-0.2, 0) is 0 Å². The molecule has 0 spiro atoms. The Morgan fingerprint density at radius 2 is 1.82 bits per heavy atom. The molecule has 11 heavy (non-hydrogen) atoms. The first kappa shape index (κ1) is 7.66. The van der Waals surface area contributed by atoms with Crippen LogP contribution in [0.25, 0.3) is 0 Å². The number of fused-ring (bicyclic) bond motifs is 1. The topological polar surface area (TPSA) is 26.0 Å². The second kappa shape index (κ2) is 2.82. The standard InChI is InChI=1S/C9H18BN/c10-8-3-1-2-7-6(8)4-5-9(7)11/h6-9H,1-5,10-11H2. The molecule has 0 aliphatic heterocycles. The van der Waals surface area contributed by atoms with Gasteiger partial charge < -0.3 is 5.73 Å². The third-order valence-corrected chi connectivity index (χ3v) is 3.86. The van der Waals surface area contributed by atoms with E-state index in [1.54, 1.807) is 0 Å². The third kappa shape index (κ3) is 1.22. The van der Waals surface area contributed by atoms with Crippen LogP contribution in [0.4, 0.5) is 0 Å². The van der Waals surface area contributed by atoms with Gasteiger partial charge in [0.25, 0.3) is 0 Å². The van der Waals surface area contributed by atoms with Gasteiger partial charge in [0.2, 0.25) is 0 Å². The summed E-state index contributed by atoms with van der Waals surface area (Å²) in [4.78, 5) is 0. The molecule has 62 valence electrons. The van der Waals surface area contributed by atoms with Crippen LogP contribution in [0.1, 0.15) is 32.1 Å². The Hall–Kier alpha value is 0.0249. The van der Waals surface area contributed by atoms with Gasteiger partial charge in [0.1, 0.15) is 7.85 Å². The van der Waals surface area contributed by atoms with Gasteiger partial charge in [-0.25, -0.2) is 0 Å². The van der Waals surface area contributed by atoms with Gasteiger partial charge in [0.05, 0.1) is 0 Å². The Morgan fingerprint density at radius 3 is 2.55 bits per heavy atom. The van der Waals surface area contributed by atoms with Gasteiger partial charge in [0, 0.05) is 6.04 Å². The fourth-order valence-corrected chi connectivity index (χ4v) is 3.15. The summed E-state index contributed by atoms with van der Waals surface area (Å²) in [6, 6.07) is 0.544. The fourth-order valence-electron chi connectivity index (χ4n) is 3.15. The molecule has 4 unspecified atom stereocenters. The molecular weight excluding hydrogens is 133 g/mol. The van der Waals surface area contributed by atoms with Crippen LogP contribution >= 0.6 is 0 Å². The Balaban J connectivity index is 2.07. The quantitative estimate of drug-likeness (QED) is 0.512. The smallest absolute Gasteiger partial charge is 0.105 e. The monoisotopic (exact) mass is 151 g/mol. The summed E-state index contributed by atoms with van der Waals surface area (Å²) in [5, 5.41) is 0. The summed E-state index contributed by atoms with van der Waals surface area (Å²) in [7, 11) is 2.41. The van der Waals surface area contributed by atoms with Crippen molar-refractivity contribution in [3.05, 3.63) is 0 Å². The second-order valence-corrected chi connectivity index (χ2v) is 4.48. The highest BCUT2D eigenvalue weighted by molar-refractivity contribution is 6.11. The maximum atomic E-state index is 6.05. The molecule has 2 fully saturated rings. The number of rotatable bonds is 0. The van der Waals surface area contributed by atoms with Gasteiger partial charge in [-0.15, -0.1) is 0 Å². The average Bonchev–Trinajstić information content (AvgIpc) is 2.35. The lowest BCUT2D eigenvalue weighted by molar-refractivity contribution is 0.261. The first-order valence-corrected chi connectivity index (χ1v) is 5.04. The fraction of sp³-hybridized carbons (Fsp3) is 1.00. The molecule has 2 aliphatic carbocycles. The molecule has 0 saturated heterocycles. The van der Waals surface area contributed by atoms with Crippen molar-refractivity contribution in [2.75, 3.05) is 0 Å². The minimum atomic E-state index is 0.544. The maximum Gasteiger partial charge on any atom is 0.105 e. The van der Waals surface area contributed by atoms with Gasteiger partial charge in [0.15, 0.2) is 0 Å². The van der Waals surface area contributed by atoms with Crippen molar-refractivity contribution < 1.29 is 0 Å². The zero-order valence-electron chi connectivity index (χ0n) is 7.42. The Bertz CT molecular complexity index is 146. The Morgan fingerprint density at radius 1 is 1.00 bits per heavy atom. The lowest BCUT2D eigenvalue weighted by atomic mass is 9.64.